The largest absolute Gasteiger partial charge is 0.322 e. The molecule has 2 aromatic rings. The summed E-state index contributed by atoms with van der Waals surface area (Å²) in [5.41, 5.74) is 1.29. The van der Waals surface area contributed by atoms with Crippen LogP contribution in [0, 0.1) is 0 Å². The van der Waals surface area contributed by atoms with Gasteiger partial charge in [0.05, 0.1) is 11.9 Å². The summed E-state index contributed by atoms with van der Waals surface area (Å²) in [5.74, 6) is 1.82. The number of aromatic nitrogens is 2. The summed E-state index contributed by atoms with van der Waals surface area (Å²) < 4.78 is 1.91. The Hall–Kier alpha value is -0.970. The molecular formula is C13H16ClN3S. The van der Waals surface area contributed by atoms with Gasteiger partial charge in [-0.15, -0.1) is 11.8 Å². The second kappa shape index (κ2) is 6.27. The van der Waals surface area contributed by atoms with Gasteiger partial charge in [-0.2, -0.15) is 0 Å². The summed E-state index contributed by atoms with van der Waals surface area (Å²) >= 11 is 7.73. The van der Waals surface area contributed by atoms with Gasteiger partial charge in [0, 0.05) is 18.5 Å². The Morgan fingerprint density at radius 3 is 2.94 bits per heavy atom. The predicted molar refractivity (Wildman–Crippen MR) is 77.0 cm³/mol. The van der Waals surface area contributed by atoms with E-state index in [-0.39, 0.29) is 0 Å². The van der Waals surface area contributed by atoms with E-state index in [0.29, 0.717) is 5.15 Å². The maximum Gasteiger partial charge on any atom is 0.128 e. The Labute approximate surface area is 117 Å². The van der Waals surface area contributed by atoms with Crippen molar-refractivity contribution in [1.29, 1.82) is 0 Å². The average molecular weight is 282 g/mol. The van der Waals surface area contributed by atoms with Gasteiger partial charge >= 0.3 is 0 Å². The maximum absolute atomic E-state index is 5.96. The molecule has 0 bridgehead atoms. The van der Waals surface area contributed by atoms with E-state index in [4.69, 9.17) is 11.6 Å². The molecule has 0 atom stereocenters. The number of hydrogen-bond acceptors (Lipinski definition) is 3. The van der Waals surface area contributed by atoms with E-state index in [0.717, 1.165) is 18.1 Å². The Bertz CT molecular complexity index is 525. The average Bonchev–Trinajstić information content (AvgIpc) is 2.69. The lowest BCUT2D eigenvalue weighted by atomic mass is 10.2. The van der Waals surface area contributed by atoms with Crippen molar-refractivity contribution >= 4 is 23.4 Å². The highest BCUT2D eigenvalue weighted by molar-refractivity contribution is 7.98. The summed E-state index contributed by atoms with van der Waals surface area (Å²) in [6.07, 6.45) is 1.69. The van der Waals surface area contributed by atoms with Crippen molar-refractivity contribution < 1.29 is 0 Å². The quantitative estimate of drug-likeness (QED) is 0.854. The molecule has 0 saturated carbocycles. The third kappa shape index (κ3) is 3.28. The monoisotopic (exact) mass is 281 g/mol. The van der Waals surface area contributed by atoms with E-state index < -0.39 is 0 Å². The first-order chi connectivity index (χ1) is 8.70. The molecule has 0 aliphatic carbocycles. The third-order valence-corrected chi connectivity index (χ3v) is 4.02. The molecule has 0 amide bonds. The van der Waals surface area contributed by atoms with Gasteiger partial charge in [-0.25, -0.2) is 4.98 Å². The van der Waals surface area contributed by atoms with Gasteiger partial charge in [0.1, 0.15) is 11.0 Å². The van der Waals surface area contributed by atoms with Crippen molar-refractivity contribution in [3.8, 4) is 0 Å². The number of hydrogen-bond donors (Lipinski definition) is 1. The van der Waals surface area contributed by atoms with Gasteiger partial charge < -0.3 is 9.88 Å². The highest BCUT2D eigenvalue weighted by atomic mass is 35.5. The highest BCUT2D eigenvalue weighted by Gasteiger charge is 2.05. The fraction of sp³-hybridized carbons (Fsp3) is 0.308. The fourth-order valence-corrected chi connectivity index (χ4v) is 2.78. The Morgan fingerprint density at radius 1 is 1.44 bits per heavy atom. The molecule has 18 heavy (non-hydrogen) atoms. The molecule has 0 aliphatic rings. The van der Waals surface area contributed by atoms with E-state index in [1.54, 1.807) is 18.0 Å². The number of rotatable bonds is 5. The predicted octanol–water partition coefficient (Wildman–Crippen LogP) is 3.09. The molecule has 1 aromatic carbocycles. The molecular weight excluding hydrogens is 266 g/mol. The second-order valence-corrected chi connectivity index (χ2v) is 5.46. The van der Waals surface area contributed by atoms with E-state index in [9.17, 15) is 0 Å². The van der Waals surface area contributed by atoms with Crippen molar-refractivity contribution in [2.45, 2.75) is 17.2 Å². The molecule has 0 radical (unpaired) electrons. The second-order valence-electron chi connectivity index (χ2n) is 4.02. The van der Waals surface area contributed by atoms with E-state index in [2.05, 4.69) is 34.6 Å². The lowest BCUT2D eigenvalue weighted by Gasteiger charge is -2.05. The number of nitrogens with one attached hydrogen (secondary N) is 1. The molecule has 5 heteroatoms. The van der Waals surface area contributed by atoms with Crippen LogP contribution in [0.4, 0.5) is 0 Å². The van der Waals surface area contributed by atoms with Crippen LogP contribution in [0.5, 0.6) is 0 Å². The zero-order valence-electron chi connectivity index (χ0n) is 10.5. The smallest absolute Gasteiger partial charge is 0.128 e. The zero-order chi connectivity index (χ0) is 13.0. The summed E-state index contributed by atoms with van der Waals surface area (Å²) in [6, 6.07) is 8.53. The topological polar surface area (TPSA) is 29.9 Å². The van der Waals surface area contributed by atoms with Crippen molar-refractivity contribution in [3.05, 3.63) is 47.0 Å². The summed E-state index contributed by atoms with van der Waals surface area (Å²) in [7, 11) is 3.89. The first-order valence-electron chi connectivity index (χ1n) is 5.73. The van der Waals surface area contributed by atoms with E-state index >= 15 is 0 Å². The SMILES string of the molecule is CNCc1cccc(SCc2ncc(Cl)n2C)c1. The molecule has 1 N–H and O–H groups in total. The number of thioether (sulfide) groups is 1. The molecule has 0 fully saturated rings. The molecule has 0 saturated heterocycles. The van der Waals surface area contributed by atoms with Gasteiger partial charge in [0.25, 0.3) is 0 Å². The molecule has 0 unspecified atom stereocenters. The minimum atomic E-state index is 0.675. The summed E-state index contributed by atoms with van der Waals surface area (Å²) in [5, 5.41) is 3.83. The molecule has 0 spiro atoms. The van der Waals surface area contributed by atoms with E-state index in [1.165, 1.54) is 10.5 Å². The molecule has 96 valence electrons. The molecule has 0 aliphatic heterocycles. The number of imidazole rings is 1. The van der Waals surface area contributed by atoms with Crippen LogP contribution >= 0.6 is 23.4 Å². The van der Waals surface area contributed by atoms with Crippen LogP contribution in [-0.4, -0.2) is 16.6 Å². The minimum Gasteiger partial charge on any atom is -0.322 e. The van der Waals surface area contributed by atoms with Gasteiger partial charge in [0.15, 0.2) is 0 Å². The lowest BCUT2D eigenvalue weighted by molar-refractivity contribution is 0.815. The van der Waals surface area contributed by atoms with Crippen molar-refractivity contribution in [3.63, 3.8) is 0 Å². The van der Waals surface area contributed by atoms with E-state index in [1.807, 2.05) is 18.7 Å². The summed E-state index contributed by atoms with van der Waals surface area (Å²) in [4.78, 5) is 5.54. The first kappa shape index (κ1) is 13.5. The van der Waals surface area contributed by atoms with Crippen LogP contribution in [0.1, 0.15) is 11.4 Å². The number of benzene rings is 1. The van der Waals surface area contributed by atoms with Gasteiger partial charge in [0.2, 0.25) is 0 Å². The minimum absolute atomic E-state index is 0.675. The Balaban J connectivity index is 2.01. The standard InChI is InChI=1S/C13H16ClN3S/c1-15-7-10-4-3-5-11(6-10)18-9-13-16-8-12(14)17(13)2/h3-6,8,15H,7,9H2,1-2H3. The van der Waals surface area contributed by atoms with Gasteiger partial charge in [-0.3, -0.25) is 0 Å². The third-order valence-electron chi connectivity index (χ3n) is 2.67. The number of halogens is 1. The maximum atomic E-state index is 5.96. The van der Waals surface area contributed by atoms with Crippen LogP contribution in [0.3, 0.4) is 0 Å². The molecule has 2 rings (SSSR count). The van der Waals surface area contributed by atoms with Crippen LogP contribution in [0.2, 0.25) is 5.15 Å². The van der Waals surface area contributed by atoms with Crippen LogP contribution in [0.25, 0.3) is 0 Å². The molecule has 1 aromatic heterocycles. The van der Waals surface area contributed by atoms with Crippen LogP contribution in [0.15, 0.2) is 35.4 Å². The van der Waals surface area contributed by atoms with Crippen molar-refractivity contribution in [2.24, 2.45) is 7.05 Å². The fourth-order valence-electron chi connectivity index (χ4n) is 1.66. The van der Waals surface area contributed by atoms with Crippen molar-refractivity contribution in [2.75, 3.05) is 7.05 Å². The van der Waals surface area contributed by atoms with Crippen molar-refractivity contribution in [1.82, 2.24) is 14.9 Å². The highest BCUT2D eigenvalue weighted by Crippen LogP contribution is 2.24. The summed E-state index contributed by atoms with van der Waals surface area (Å²) in [6.45, 7) is 0.892. The van der Waals surface area contributed by atoms with Gasteiger partial charge in [-0.1, -0.05) is 23.7 Å². The molecule has 1 heterocycles. The zero-order valence-corrected chi connectivity index (χ0v) is 12.1. The first-order valence-corrected chi connectivity index (χ1v) is 7.09. The normalized spacial score (nSPS) is 10.8. The van der Waals surface area contributed by atoms with Crippen LogP contribution in [-0.2, 0) is 19.3 Å². The number of nitrogens with zero attached hydrogens (tertiary/aromatic N) is 2. The van der Waals surface area contributed by atoms with Crippen LogP contribution < -0.4 is 5.32 Å². The Morgan fingerprint density at radius 2 is 2.28 bits per heavy atom. The molecule has 3 nitrogen and oxygen atoms in total. The lowest BCUT2D eigenvalue weighted by Crippen LogP contribution is -2.04. The Kier molecular flexibility index (Phi) is 4.69. The van der Waals surface area contributed by atoms with Gasteiger partial charge in [-0.05, 0) is 24.7 Å².